The molecule has 100 valence electrons. The van der Waals surface area contributed by atoms with Gasteiger partial charge in [-0.15, -0.1) is 0 Å². The summed E-state index contributed by atoms with van der Waals surface area (Å²) in [4.78, 5) is 0. The van der Waals surface area contributed by atoms with Gasteiger partial charge in [0.05, 0.1) is 14.2 Å². The van der Waals surface area contributed by atoms with E-state index < -0.39 is 0 Å². The lowest BCUT2D eigenvalue weighted by Gasteiger charge is -2.32. The van der Waals surface area contributed by atoms with Crippen LogP contribution in [0.1, 0.15) is 49.8 Å². The molecule has 2 rings (SSSR count). The second-order valence-electron chi connectivity index (χ2n) is 4.99. The van der Waals surface area contributed by atoms with Gasteiger partial charge in [0.2, 0.25) is 0 Å². The zero-order chi connectivity index (χ0) is 13.1. The number of rotatable bonds is 4. The van der Waals surface area contributed by atoms with Crippen LogP contribution in [-0.2, 0) is 0 Å². The van der Waals surface area contributed by atoms with Crippen molar-refractivity contribution in [3.63, 3.8) is 0 Å². The van der Waals surface area contributed by atoms with Crippen molar-refractivity contribution in [1.82, 2.24) is 5.32 Å². The highest BCUT2D eigenvalue weighted by Gasteiger charge is 2.25. The Bertz CT molecular complexity index is 417. The van der Waals surface area contributed by atoms with Crippen LogP contribution in [-0.4, -0.2) is 20.8 Å². The summed E-state index contributed by atoms with van der Waals surface area (Å²) < 4.78 is 10.8. The maximum Gasteiger partial charge on any atom is 0.161 e. The summed E-state index contributed by atoms with van der Waals surface area (Å²) in [6.07, 6.45) is 2.34. The van der Waals surface area contributed by atoms with Crippen molar-refractivity contribution < 1.29 is 9.47 Å². The van der Waals surface area contributed by atoms with Crippen molar-refractivity contribution in [3.05, 3.63) is 23.3 Å². The number of methoxy groups -OCH3 is 2. The Morgan fingerprint density at radius 1 is 1.17 bits per heavy atom. The number of fused-ring (bicyclic) bond motifs is 1. The lowest BCUT2D eigenvalue weighted by atomic mass is 9.85. The van der Waals surface area contributed by atoms with Gasteiger partial charge < -0.3 is 14.8 Å². The fourth-order valence-electron chi connectivity index (χ4n) is 2.72. The summed E-state index contributed by atoms with van der Waals surface area (Å²) in [6, 6.07) is 4.72. The van der Waals surface area contributed by atoms with Gasteiger partial charge in [0, 0.05) is 12.6 Å². The average Bonchev–Trinajstić information content (AvgIpc) is 2.41. The topological polar surface area (TPSA) is 30.5 Å². The van der Waals surface area contributed by atoms with Crippen LogP contribution >= 0.6 is 0 Å². The molecule has 2 unspecified atom stereocenters. The van der Waals surface area contributed by atoms with Gasteiger partial charge in [0.1, 0.15) is 0 Å². The molecule has 0 fully saturated rings. The molecule has 1 aromatic rings. The van der Waals surface area contributed by atoms with E-state index in [0.717, 1.165) is 24.5 Å². The first-order valence-corrected chi connectivity index (χ1v) is 6.70. The van der Waals surface area contributed by atoms with E-state index in [1.165, 1.54) is 17.5 Å². The molecule has 0 saturated carbocycles. The molecule has 1 aliphatic heterocycles. The van der Waals surface area contributed by atoms with Gasteiger partial charge in [-0.2, -0.15) is 0 Å². The largest absolute Gasteiger partial charge is 0.493 e. The number of hydrogen-bond acceptors (Lipinski definition) is 3. The lowest BCUT2D eigenvalue weighted by Crippen LogP contribution is -2.32. The number of ether oxygens (including phenoxy) is 2. The van der Waals surface area contributed by atoms with Crippen LogP contribution in [0.4, 0.5) is 0 Å². The molecule has 0 aliphatic carbocycles. The Balaban J connectivity index is 2.46. The first-order chi connectivity index (χ1) is 8.71. The van der Waals surface area contributed by atoms with Crippen LogP contribution < -0.4 is 14.8 Å². The summed E-state index contributed by atoms with van der Waals surface area (Å²) >= 11 is 0. The summed E-state index contributed by atoms with van der Waals surface area (Å²) in [5.41, 5.74) is 2.76. The maximum absolute atomic E-state index is 5.41. The van der Waals surface area contributed by atoms with Gasteiger partial charge in [-0.1, -0.05) is 20.3 Å². The molecular formula is C15H23NO2. The molecule has 0 radical (unpaired) electrons. The molecule has 0 saturated heterocycles. The van der Waals surface area contributed by atoms with E-state index in [9.17, 15) is 0 Å². The smallest absolute Gasteiger partial charge is 0.161 e. The fourth-order valence-corrected chi connectivity index (χ4v) is 2.72. The van der Waals surface area contributed by atoms with Crippen molar-refractivity contribution in [1.29, 1.82) is 0 Å². The lowest BCUT2D eigenvalue weighted by molar-refractivity contribution is 0.350. The van der Waals surface area contributed by atoms with Gasteiger partial charge in [-0.05, 0) is 35.6 Å². The zero-order valence-electron chi connectivity index (χ0n) is 11.7. The Labute approximate surface area is 109 Å². The van der Waals surface area contributed by atoms with Crippen LogP contribution in [0.5, 0.6) is 11.5 Å². The van der Waals surface area contributed by atoms with Gasteiger partial charge in [-0.25, -0.2) is 0 Å². The minimum absolute atomic E-state index is 0.445. The van der Waals surface area contributed by atoms with Gasteiger partial charge in [0.15, 0.2) is 11.5 Å². The molecule has 18 heavy (non-hydrogen) atoms. The van der Waals surface area contributed by atoms with Crippen molar-refractivity contribution >= 4 is 0 Å². The van der Waals surface area contributed by atoms with E-state index in [2.05, 4.69) is 31.3 Å². The Morgan fingerprint density at radius 2 is 1.78 bits per heavy atom. The van der Waals surface area contributed by atoms with Crippen LogP contribution in [0.15, 0.2) is 12.1 Å². The summed E-state index contributed by atoms with van der Waals surface area (Å²) in [5.74, 6) is 2.18. The van der Waals surface area contributed by atoms with Crippen molar-refractivity contribution in [3.8, 4) is 11.5 Å². The van der Waals surface area contributed by atoms with Crippen molar-refractivity contribution in [2.45, 2.75) is 38.6 Å². The highest BCUT2D eigenvalue weighted by Crippen LogP contribution is 2.39. The van der Waals surface area contributed by atoms with Gasteiger partial charge in [-0.3, -0.25) is 0 Å². The minimum Gasteiger partial charge on any atom is -0.493 e. The van der Waals surface area contributed by atoms with Crippen LogP contribution in [0.25, 0.3) is 0 Å². The predicted octanol–water partition coefficient (Wildman–Crippen LogP) is 3.25. The SMILES string of the molecule is CCCC1NCC(C)c2cc(OC)c(OC)cc21. The monoisotopic (exact) mass is 249 g/mol. The third-order valence-electron chi connectivity index (χ3n) is 3.74. The zero-order valence-corrected chi connectivity index (χ0v) is 11.7. The second kappa shape index (κ2) is 5.61. The molecule has 0 aromatic heterocycles. The van der Waals surface area contributed by atoms with E-state index in [0.29, 0.717) is 12.0 Å². The Morgan fingerprint density at radius 3 is 2.33 bits per heavy atom. The highest BCUT2D eigenvalue weighted by molar-refractivity contribution is 5.50. The molecule has 1 aliphatic rings. The van der Waals surface area contributed by atoms with Gasteiger partial charge in [0.25, 0.3) is 0 Å². The van der Waals surface area contributed by atoms with E-state index in [-0.39, 0.29) is 0 Å². The van der Waals surface area contributed by atoms with E-state index in [1.54, 1.807) is 14.2 Å². The third-order valence-corrected chi connectivity index (χ3v) is 3.74. The molecule has 3 heteroatoms. The quantitative estimate of drug-likeness (QED) is 0.888. The summed E-state index contributed by atoms with van der Waals surface area (Å²) in [5, 5.41) is 3.62. The van der Waals surface area contributed by atoms with Crippen LogP contribution in [0.3, 0.4) is 0 Å². The molecular weight excluding hydrogens is 226 g/mol. The normalized spacial score (nSPS) is 22.4. The Hall–Kier alpha value is -1.22. The van der Waals surface area contributed by atoms with Gasteiger partial charge >= 0.3 is 0 Å². The number of benzene rings is 1. The van der Waals surface area contributed by atoms with E-state index in [1.807, 2.05) is 0 Å². The molecule has 0 amide bonds. The average molecular weight is 249 g/mol. The van der Waals surface area contributed by atoms with Crippen LogP contribution in [0.2, 0.25) is 0 Å². The molecule has 1 N–H and O–H groups in total. The molecule has 3 nitrogen and oxygen atoms in total. The predicted molar refractivity (Wildman–Crippen MR) is 73.6 cm³/mol. The Kier molecular flexibility index (Phi) is 4.12. The summed E-state index contributed by atoms with van der Waals surface area (Å²) in [6.45, 7) is 5.51. The standard InChI is InChI=1S/C15H23NO2/c1-5-6-13-12-8-15(18-4)14(17-3)7-11(12)10(2)9-16-13/h7-8,10,13,16H,5-6,9H2,1-4H3. The number of nitrogens with one attached hydrogen (secondary N) is 1. The van der Waals surface area contributed by atoms with E-state index in [4.69, 9.17) is 9.47 Å². The molecule has 2 atom stereocenters. The van der Waals surface area contributed by atoms with Crippen molar-refractivity contribution in [2.75, 3.05) is 20.8 Å². The third kappa shape index (κ3) is 2.32. The minimum atomic E-state index is 0.445. The first kappa shape index (κ1) is 13.2. The molecule has 0 spiro atoms. The number of hydrogen-bond donors (Lipinski definition) is 1. The summed E-state index contributed by atoms with van der Waals surface area (Å²) in [7, 11) is 3.39. The van der Waals surface area contributed by atoms with Crippen LogP contribution in [0, 0.1) is 0 Å². The second-order valence-corrected chi connectivity index (χ2v) is 4.99. The molecule has 1 aromatic carbocycles. The first-order valence-electron chi connectivity index (χ1n) is 6.70. The van der Waals surface area contributed by atoms with E-state index >= 15 is 0 Å². The molecule has 1 heterocycles. The van der Waals surface area contributed by atoms with Crippen molar-refractivity contribution in [2.24, 2.45) is 0 Å². The maximum atomic E-state index is 5.41. The molecule has 0 bridgehead atoms. The highest BCUT2D eigenvalue weighted by atomic mass is 16.5. The fraction of sp³-hybridized carbons (Fsp3) is 0.600.